The number of nitrogens with zero attached hydrogens (tertiary/aromatic N) is 4. The molecule has 1 saturated carbocycles. The summed E-state index contributed by atoms with van der Waals surface area (Å²) < 4.78 is 9.13. The molecule has 2 fully saturated rings. The Morgan fingerprint density at radius 3 is 2.42 bits per heavy atom. The fourth-order valence-corrected chi connectivity index (χ4v) is 4.83. The first-order valence-corrected chi connectivity index (χ1v) is 11.8. The molecule has 0 spiro atoms. The van der Waals surface area contributed by atoms with Gasteiger partial charge in [-0.3, -0.25) is 9.36 Å². The summed E-state index contributed by atoms with van der Waals surface area (Å²) in [5.41, 5.74) is 0.698. The molecule has 0 unspecified atom stereocenters. The first-order valence-electron chi connectivity index (χ1n) is 11.8. The van der Waals surface area contributed by atoms with Crippen LogP contribution in [-0.2, 0) is 7.05 Å². The van der Waals surface area contributed by atoms with Crippen LogP contribution < -0.4 is 10.4 Å². The lowest BCUT2D eigenvalue weighted by Gasteiger charge is -2.32. The molecular weight excluding hydrogens is 392 g/mol. The highest BCUT2D eigenvalue weighted by molar-refractivity contribution is 5.94. The zero-order valence-corrected chi connectivity index (χ0v) is 18.8. The summed E-state index contributed by atoms with van der Waals surface area (Å²) in [5.74, 6) is 2.02. The topological polar surface area (TPSA) is 69.4 Å². The lowest BCUT2D eigenvalue weighted by atomic mass is 9.95. The van der Waals surface area contributed by atoms with E-state index in [2.05, 4.69) is 12.0 Å². The summed E-state index contributed by atoms with van der Waals surface area (Å²) in [6, 6.07) is 7.75. The second-order valence-electron chi connectivity index (χ2n) is 8.87. The Hall–Kier alpha value is -2.57. The minimum absolute atomic E-state index is 0.00153. The van der Waals surface area contributed by atoms with Crippen molar-refractivity contribution in [2.75, 3.05) is 19.7 Å². The second kappa shape index (κ2) is 9.71. The Balaban J connectivity index is 1.38. The Morgan fingerprint density at radius 2 is 1.77 bits per heavy atom. The van der Waals surface area contributed by atoms with Crippen molar-refractivity contribution in [1.29, 1.82) is 0 Å². The summed E-state index contributed by atoms with van der Waals surface area (Å²) in [6.07, 6.45) is 8.30. The third-order valence-electron chi connectivity index (χ3n) is 6.69. The quantitative estimate of drug-likeness (QED) is 0.630. The van der Waals surface area contributed by atoms with Gasteiger partial charge in [-0.05, 0) is 56.4 Å². The monoisotopic (exact) mass is 426 g/mol. The van der Waals surface area contributed by atoms with Gasteiger partial charge in [-0.25, -0.2) is 9.48 Å². The van der Waals surface area contributed by atoms with Crippen LogP contribution in [0.25, 0.3) is 0 Å². The average molecular weight is 427 g/mol. The molecule has 7 nitrogen and oxygen atoms in total. The number of rotatable bonds is 7. The number of carbonyl (C=O) groups excluding carboxylic acids is 1. The molecule has 2 aromatic rings. The number of likely N-dealkylation sites (tertiary alicyclic amines) is 1. The predicted molar refractivity (Wildman–Crippen MR) is 120 cm³/mol. The minimum atomic E-state index is 0.00153. The predicted octanol–water partition coefficient (Wildman–Crippen LogP) is 3.90. The van der Waals surface area contributed by atoms with Crippen LogP contribution in [0.1, 0.15) is 86.4 Å². The van der Waals surface area contributed by atoms with Gasteiger partial charge in [0.05, 0.1) is 6.61 Å². The van der Waals surface area contributed by atoms with Crippen LogP contribution in [0.5, 0.6) is 5.75 Å². The van der Waals surface area contributed by atoms with E-state index in [0.717, 1.165) is 50.1 Å². The van der Waals surface area contributed by atoms with E-state index < -0.39 is 0 Å². The fraction of sp³-hybridized carbons (Fsp3) is 0.625. The molecule has 0 N–H and O–H groups in total. The van der Waals surface area contributed by atoms with Crippen molar-refractivity contribution in [2.24, 2.45) is 7.05 Å². The zero-order valence-electron chi connectivity index (χ0n) is 18.8. The van der Waals surface area contributed by atoms with Gasteiger partial charge < -0.3 is 9.64 Å². The molecule has 2 aliphatic rings. The SMILES string of the molecule is CCCCOc1ccc(C(=O)N2CCC(c3nn(C)c(=O)n3C3CCCC3)CC2)cc1. The van der Waals surface area contributed by atoms with Crippen LogP contribution in [0.2, 0.25) is 0 Å². The number of piperidine rings is 1. The van der Waals surface area contributed by atoms with E-state index >= 15 is 0 Å². The van der Waals surface area contributed by atoms with Crippen molar-refractivity contribution in [3.63, 3.8) is 0 Å². The van der Waals surface area contributed by atoms with Crippen molar-refractivity contribution in [3.8, 4) is 5.75 Å². The molecule has 4 rings (SSSR count). The molecule has 0 bridgehead atoms. The first kappa shape index (κ1) is 21.7. The van der Waals surface area contributed by atoms with Gasteiger partial charge in [-0.2, -0.15) is 5.10 Å². The molecule has 168 valence electrons. The third-order valence-corrected chi connectivity index (χ3v) is 6.69. The molecule has 0 radical (unpaired) electrons. The number of amides is 1. The van der Waals surface area contributed by atoms with E-state index in [-0.39, 0.29) is 23.6 Å². The largest absolute Gasteiger partial charge is 0.494 e. The molecule has 1 saturated heterocycles. The lowest BCUT2D eigenvalue weighted by Crippen LogP contribution is -2.38. The molecule has 1 aromatic heterocycles. The summed E-state index contributed by atoms with van der Waals surface area (Å²) in [4.78, 5) is 27.6. The van der Waals surface area contributed by atoms with Gasteiger partial charge in [0.2, 0.25) is 0 Å². The van der Waals surface area contributed by atoms with E-state index in [1.165, 1.54) is 17.5 Å². The number of hydrogen-bond donors (Lipinski definition) is 0. The number of aromatic nitrogens is 3. The third kappa shape index (κ3) is 4.70. The van der Waals surface area contributed by atoms with Crippen molar-refractivity contribution in [2.45, 2.75) is 70.3 Å². The molecule has 2 heterocycles. The van der Waals surface area contributed by atoms with Gasteiger partial charge >= 0.3 is 5.69 Å². The van der Waals surface area contributed by atoms with Crippen molar-refractivity contribution >= 4 is 5.91 Å². The second-order valence-corrected chi connectivity index (χ2v) is 8.87. The standard InChI is InChI=1S/C24H34N4O3/c1-3-4-17-31-21-11-9-19(10-12-21)23(29)27-15-13-18(14-16-27)22-25-26(2)24(30)28(22)20-7-5-6-8-20/h9-12,18,20H,3-8,13-17H2,1-2H3. The Bertz CT molecular complexity index is 933. The van der Waals surface area contributed by atoms with Crippen LogP contribution in [0.4, 0.5) is 0 Å². The maximum Gasteiger partial charge on any atom is 0.345 e. The van der Waals surface area contributed by atoms with E-state index in [4.69, 9.17) is 4.74 Å². The van der Waals surface area contributed by atoms with Gasteiger partial charge in [0.15, 0.2) is 0 Å². The molecule has 1 amide bonds. The molecular formula is C24H34N4O3. The first-order chi connectivity index (χ1) is 15.1. The van der Waals surface area contributed by atoms with Crippen LogP contribution in [0, 0.1) is 0 Å². The van der Waals surface area contributed by atoms with Gasteiger partial charge in [-0.1, -0.05) is 26.2 Å². The highest BCUT2D eigenvalue weighted by atomic mass is 16.5. The van der Waals surface area contributed by atoms with Crippen molar-refractivity contribution in [3.05, 3.63) is 46.1 Å². The van der Waals surface area contributed by atoms with E-state index in [1.807, 2.05) is 33.7 Å². The fourth-order valence-electron chi connectivity index (χ4n) is 4.83. The summed E-state index contributed by atoms with van der Waals surface area (Å²) in [6.45, 7) is 4.22. The Morgan fingerprint density at radius 1 is 1.10 bits per heavy atom. The zero-order chi connectivity index (χ0) is 21.8. The van der Waals surface area contributed by atoms with Gasteiger partial charge in [0, 0.05) is 37.7 Å². The minimum Gasteiger partial charge on any atom is -0.494 e. The van der Waals surface area contributed by atoms with E-state index in [9.17, 15) is 9.59 Å². The Kier molecular flexibility index (Phi) is 6.78. The summed E-state index contributed by atoms with van der Waals surface area (Å²) >= 11 is 0. The summed E-state index contributed by atoms with van der Waals surface area (Å²) in [7, 11) is 1.74. The molecule has 1 aliphatic heterocycles. The number of ether oxygens (including phenoxy) is 1. The molecule has 31 heavy (non-hydrogen) atoms. The summed E-state index contributed by atoms with van der Waals surface area (Å²) in [5, 5.41) is 4.60. The maximum absolute atomic E-state index is 13.0. The maximum atomic E-state index is 13.0. The highest BCUT2D eigenvalue weighted by Crippen LogP contribution is 2.33. The average Bonchev–Trinajstić information content (AvgIpc) is 3.42. The van der Waals surface area contributed by atoms with Crippen LogP contribution >= 0.6 is 0 Å². The molecule has 1 aliphatic carbocycles. The normalized spacial score (nSPS) is 17.9. The van der Waals surface area contributed by atoms with Crippen molar-refractivity contribution in [1.82, 2.24) is 19.2 Å². The van der Waals surface area contributed by atoms with Crippen LogP contribution in [0.15, 0.2) is 29.1 Å². The Labute approximate surface area is 184 Å². The lowest BCUT2D eigenvalue weighted by molar-refractivity contribution is 0.0709. The van der Waals surface area contributed by atoms with Gasteiger partial charge in [-0.15, -0.1) is 0 Å². The van der Waals surface area contributed by atoms with Crippen LogP contribution in [0.3, 0.4) is 0 Å². The number of carbonyl (C=O) groups is 1. The molecule has 1 aromatic carbocycles. The number of benzene rings is 1. The van der Waals surface area contributed by atoms with Gasteiger partial charge in [0.1, 0.15) is 11.6 Å². The smallest absolute Gasteiger partial charge is 0.345 e. The number of unbranched alkanes of at least 4 members (excludes halogenated alkanes) is 1. The highest BCUT2D eigenvalue weighted by Gasteiger charge is 2.31. The van der Waals surface area contributed by atoms with Crippen molar-refractivity contribution < 1.29 is 9.53 Å². The molecule has 7 heteroatoms. The molecule has 0 atom stereocenters. The van der Waals surface area contributed by atoms with E-state index in [1.54, 1.807) is 7.05 Å². The number of hydrogen-bond acceptors (Lipinski definition) is 4. The van der Waals surface area contributed by atoms with E-state index in [0.29, 0.717) is 25.3 Å². The number of aryl methyl sites for hydroxylation is 1. The van der Waals surface area contributed by atoms with Gasteiger partial charge in [0.25, 0.3) is 5.91 Å². The van der Waals surface area contributed by atoms with Crippen LogP contribution in [-0.4, -0.2) is 44.9 Å².